The molecule has 0 saturated carbocycles. The van der Waals surface area contributed by atoms with E-state index < -0.39 is 30.0 Å². The fraction of sp³-hybridized carbons (Fsp3) is 0.200. The van der Waals surface area contributed by atoms with Crippen LogP contribution in [0.5, 0.6) is 0 Å². The molecule has 29 heavy (non-hydrogen) atoms. The number of carbonyl (C=O) groups excluding carboxylic acids is 1. The summed E-state index contributed by atoms with van der Waals surface area (Å²) in [5, 5.41) is 11.4. The average molecular weight is 444 g/mol. The van der Waals surface area contributed by atoms with Gasteiger partial charge in [0.15, 0.2) is 6.04 Å². The molecule has 0 aliphatic heterocycles. The molecule has 0 fully saturated rings. The van der Waals surface area contributed by atoms with Gasteiger partial charge in [0, 0.05) is 11.5 Å². The Morgan fingerprint density at radius 2 is 1.72 bits per heavy atom. The number of aromatic carboxylic acids is 1. The lowest BCUT2D eigenvalue weighted by Gasteiger charge is -2.23. The summed E-state index contributed by atoms with van der Waals surface area (Å²) in [7, 11) is 0. The minimum atomic E-state index is -4.78. The summed E-state index contributed by atoms with van der Waals surface area (Å²) in [5.74, 6) is -2.63. The molecule has 0 spiro atoms. The van der Waals surface area contributed by atoms with Crippen molar-refractivity contribution in [2.75, 3.05) is 0 Å². The molecule has 1 aliphatic carbocycles. The number of carboxylic acid groups (broad SMARTS) is 1. The van der Waals surface area contributed by atoms with E-state index in [0.717, 1.165) is 24.3 Å². The molecule has 1 amide bonds. The van der Waals surface area contributed by atoms with Gasteiger partial charge in [0.25, 0.3) is 0 Å². The van der Waals surface area contributed by atoms with Crippen LogP contribution in [-0.2, 0) is 4.79 Å². The normalized spacial score (nSPS) is 16.8. The van der Waals surface area contributed by atoms with E-state index in [9.17, 15) is 22.8 Å². The van der Waals surface area contributed by atoms with Crippen molar-refractivity contribution < 1.29 is 27.9 Å². The molecule has 2 atom stereocenters. The molecule has 2 aromatic rings. The number of benzene rings is 2. The van der Waals surface area contributed by atoms with E-state index in [2.05, 4.69) is 0 Å². The Balaban J connectivity index is 1.90. The highest BCUT2D eigenvalue weighted by Gasteiger charge is 2.43. The maximum atomic E-state index is 13.6. The average Bonchev–Trinajstić information content (AvgIpc) is 2.99. The lowest BCUT2D eigenvalue weighted by molar-refractivity contribution is -0.162. The first-order valence-electron chi connectivity index (χ1n) is 8.41. The maximum Gasteiger partial charge on any atom is 0.412 e. The smallest absolute Gasteiger partial charge is 0.412 e. The largest absolute Gasteiger partial charge is 0.478 e. The molecular formula is C20H14Cl2F3NO3. The number of halogens is 5. The zero-order valence-corrected chi connectivity index (χ0v) is 16.4. The van der Waals surface area contributed by atoms with Gasteiger partial charge in [0.1, 0.15) is 0 Å². The van der Waals surface area contributed by atoms with E-state index in [0.29, 0.717) is 11.1 Å². The topological polar surface area (TPSA) is 66.4 Å². The van der Waals surface area contributed by atoms with Crippen LogP contribution >= 0.6 is 23.2 Å². The molecule has 152 valence electrons. The zero-order chi connectivity index (χ0) is 21.5. The van der Waals surface area contributed by atoms with E-state index in [1.165, 1.54) is 6.08 Å². The second-order valence-corrected chi connectivity index (χ2v) is 7.35. The van der Waals surface area contributed by atoms with Crippen molar-refractivity contribution in [1.82, 2.24) is 5.32 Å². The molecule has 2 aromatic carbocycles. The van der Waals surface area contributed by atoms with Crippen molar-refractivity contribution in [3.05, 3.63) is 74.3 Å². The van der Waals surface area contributed by atoms with E-state index in [-0.39, 0.29) is 26.7 Å². The van der Waals surface area contributed by atoms with Gasteiger partial charge in [-0.3, -0.25) is 4.79 Å². The van der Waals surface area contributed by atoms with Gasteiger partial charge in [-0.25, -0.2) is 4.79 Å². The molecule has 0 heterocycles. The highest BCUT2D eigenvalue weighted by Crippen LogP contribution is 2.42. The summed E-state index contributed by atoms with van der Waals surface area (Å²) < 4.78 is 40.8. The van der Waals surface area contributed by atoms with E-state index >= 15 is 0 Å². The molecule has 1 aliphatic rings. The van der Waals surface area contributed by atoms with Gasteiger partial charge in [-0.05, 0) is 41.0 Å². The fourth-order valence-electron chi connectivity index (χ4n) is 3.20. The van der Waals surface area contributed by atoms with Gasteiger partial charge in [0.2, 0.25) is 5.91 Å². The SMILES string of the molecule is CC1C(C(=O)NC(c2ccc(C(=O)O)cc2)C(F)(F)F)=Cc2c1ccc(Cl)c2Cl. The number of fused-ring (bicyclic) bond motifs is 1. The highest BCUT2D eigenvalue weighted by molar-refractivity contribution is 6.43. The molecule has 3 rings (SSSR count). The molecule has 0 aromatic heterocycles. The first-order chi connectivity index (χ1) is 13.5. The van der Waals surface area contributed by atoms with Crippen molar-refractivity contribution in [3.8, 4) is 0 Å². The van der Waals surface area contributed by atoms with Gasteiger partial charge >= 0.3 is 12.1 Å². The quantitative estimate of drug-likeness (QED) is 0.644. The molecule has 4 nitrogen and oxygen atoms in total. The van der Waals surface area contributed by atoms with Gasteiger partial charge in [-0.1, -0.05) is 48.3 Å². The third kappa shape index (κ3) is 4.11. The van der Waals surface area contributed by atoms with Crippen molar-refractivity contribution in [3.63, 3.8) is 0 Å². The third-order valence-electron chi connectivity index (χ3n) is 4.76. The summed E-state index contributed by atoms with van der Waals surface area (Å²) in [4.78, 5) is 23.6. The van der Waals surface area contributed by atoms with Crippen LogP contribution in [0.1, 0.15) is 45.9 Å². The number of nitrogens with one attached hydrogen (secondary N) is 1. The van der Waals surface area contributed by atoms with Crippen LogP contribution in [0, 0.1) is 0 Å². The minimum Gasteiger partial charge on any atom is -0.478 e. The Bertz CT molecular complexity index is 1020. The van der Waals surface area contributed by atoms with Crippen molar-refractivity contribution >= 4 is 41.2 Å². The Labute approximate surface area is 173 Å². The number of carbonyl (C=O) groups is 2. The summed E-state index contributed by atoms with van der Waals surface area (Å²) >= 11 is 12.1. The van der Waals surface area contributed by atoms with Gasteiger partial charge in [0.05, 0.1) is 15.6 Å². The molecule has 2 N–H and O–H groups in total. The Hall–Kier alpha value is -2.51. The molecular weight excluding hydrogens is 430 g/mol. The van der Waals surface area contributed by atoms with E-state index in [4.69, 9.17) is 28.3 Å². The summed E-state index contributed by atoms with van der Waals surface area (Å²) in [6, 6.07) is 5.11. The van der Waals surface area contributed by atoms with Crippen LogP contribution in [0.4, 0.5) is 13.2 Å². The van der Waals surface area contributed by atoms with Crippen LogP contribution in [0.3, 0.4) is 0 Å². The van der Waals surface area contributed by atoms with Gasteiger partial charge in [-0.15, -0.1) is 0 Å². The lowest BCUT2D eigenvalue weighted by atomic mass is 9.96. The van der Waals surface area contributed by atoms with Gasteiger partial charge in [-0.2, -0.15) is 13.2 Å². The highest BCUT2D eigenvalue weighted by atomic mass is 35.5. The molecule has 0 radical (unpaired) electrons. The number of carboxylic acids is 1. The molecule has 0 bridgehead atoms. The fourth-order valence-corrected chi connectivity index (χ4v) is 3.59. The number of amides is 1. The Morgan fingerprint density at radius 3 is 2.28 bits per heavy atom. The molecule has 0 saturated heterocycles. The Morgan fingerprint density at radius 1 is 1.10 bits per heavy atom. The Kier molecular flexibility index (Phi) is 5.65. The number of hydrogen-bond acceptors (Lipinski definition) is 2. The third-order valence-corrected chi connectivity index (χ3v) is 5.57. The maximum absolute atomic E-state index is 13.6. The second-order valence-electron chi connectivity index (χ2n) is 6.56. The van der Waals surface area contributed by atoms with Crippen molar-refractivity contribution in [2.45, 2.75) is 25.1 Å². The van der Waals surface area contributed by atoms with Crippen LogP contribution in [0.15, 0.2) is 42.0 Å². The van der Waals surface area contributed by atoms with E-state index in [1.54, 1.807) is 19.1 Å². The number of hydrogen-bond donors (Lipinski definition) is 2. The number of alkyl halides is 3. The molecule has 9 heteroatoms. The summed E-state index contributed by atoms with van der Waals surface area (Å²) in [6.45, 7) is 1.69. The zero-order valence-electron chi connectivity index (χ0n) is 14.8. The number of rotatable bonds is 4. The summed E-state index contributed by atoms with van der Waals surface area (Å²) in [6.07, 6.45) is -3.35. The minimum absolute atomic E-state index is 0.126. The second kappa shape index (κ2) is 7.72. The van der Waals surface area contributed by atoms with E-state index in [1.807, 2.05) is 5.32 Å². The monoisotopic (exact) mass is 443 g/mol. The van der Waals surface area contributed by atoms with Crippen LogP contribution in [0.2, 0.25) is 10.0 Å². The predicted octanol–water partition coefficient (Wildman–Crippen LogP) is 5.61. The summed E-state index contributed by atoms with van der Waals surface area (Å²) in [5.41, 5.74) is 0.890. The van der Waals surface area contributed by atoms with Crippen LogP contribution in [-0.4, -0.2) is 23.2 Å². The van der Waals surface area contributed by atoms with Crippen LogP contribution < -0.4 is 5.32 Å². The van der Waals surface area contributed by atoms with Gasteiger partial charge < -0.3 is 10.4 Å². The standard InChI is InChI=1S/C20H14Cl2F3NO3/c1-9-12-6-7-15(21)16(22)14(12)8-13(9)18(27)26-17(20(23,24)25)10-2-4-11(5-3-10)19(28)29/h2-9,17H,1H3,(H,26,27)(H,28,29). The van der Waals surface area contributed by atoms with Crippen LogP contribution in [0.25, 0.3) is 6.08 Å². The lowest BCUT2D eigenvalue weighted by Crippen LogP contribution is -2.39. The molecule has 2 unspecified atom stereocenters. The first-order valence-corrected chi connectivity index (χ1v) is 9.16. The van der Waals surface area contributed by atoms with Crippen molar-refractivity contribution in [2.24, 2.45) is 0 Å². The first kappa shape index (κ1) is 21.2. The van der Waals surface area contributed by atoms with Crippen molar-refractivity contribution in [1.29, 1.82) is 0 Å². The predicted molar refractivity (Wildman–Crippen MR) is 103 cm³/mol.